The van der Waals surface area contributed by atoms with Crippen molar-refractivity contribution in [3.05, 3.63) is 36.4 Å². The highest BCUT2D eigenvalue weighted by atomic mass is 32.2. The van der Waals surface area contributed by atoms with Gasteiger partial charge >= 0.3 is 5.97 Å². The summed E-state index contributed by atoms with van der Waals surface area (Å²) in [5.41, 5.74) is 0. The second-order valence-corrected chi connectivity index (χ2v) is 7.35. The van der Waals surface area contributed by atoms with E-state index in [-0.39, 0.29) is 11.4 Å². The molecule has 1 atom stereocenters. The number of fused-ring (bicyclic) bond motifs is 1. The van der Waals surface area contributed by atoms with Crippen LogP contribution in [0.2, 0.25) is 0 Å². The summed E-state index contributed by atoms with van der Waals surface area (Å²) >= 11 is 0. The van der Waals surface area contributed by atoms with Gasteiger partial charge in [0.1, 0.15) is 5.75 Å². The molecule has 0 saturated heterocycles. The Morgan fingerprint density at radius 2 is 1.83 bits per heavy atom. The molecule has 0 heterocycles. The molecule has 0 radical (unpaired) electrons. The van der Waals surface area contributed by atoms with Gasteiger partial charge in [-0.25, -0.2) is 12.7 Å². The molecular weight excluding hydrogens is 318 g/mol. The first-order valence-electron chi connectivity index (χ1n) is 7.04. The number of carboxylic acids is 1. The lowest BCUT2D eigenvalue weighted by atomic mass is 10.1. The van der Waals surface area contributed by atoms with Gasteiger partial charge in [-0.1, -0.05) is 31.2 Å². The Balaban J connectivity index is 2.52. The van der Waals surface area contributed by atoms with E-state index in [4.69, 9.17) is 9.84 Å². The maximum Gasteiger partial charge on any atom is 0.307 e. The van der Waals surface area contributed by atoms with E-state index in [2.05, 4.69) is 0 Å². The molecule has 6 nitrogen and oxygen atoms in total. The topological polar surface area (TPSA) is 83.9 Å². The summed E-state index contributed by atoms with van der Waals surface area (Å²) in [5, 5.41) is 10.2. The Morgan fingerprint density at radius 3 is 2.39 bits per heavy atom. The zero-order valence-corrected chi connectivity index (χ0v) is 14.0. The van der Waals surface area contributed by atoms with Crippen LogP contribution < -0.4 is 4.74 Å². The summed E-state index contributed by atoms with van der Waals surface area (Å²) in [6.07, 6.45) is 0. The predicted octanol–water partition coefficient (Wildman–Crippen LogP) is 2.19. The predicted molar refractivity (Wildman–Crippen MR) is 87.1 cm³/mol. The number of hydrogen-bond acceptors (Lipinski definition) is 4. The maximum atomic E-state index is 12.8. The number of carboxylic acid groups (broad SMARTS) is 1. The lowest BCUT2D eigenvalue weighted by Crippen LogP contribution is -2.33. The van der Waals surface area contributed by atoms with Crippen molar-refractivity contribution < 1.29 is 23.1 Å². The molecule has 0 aromatic heterocycles. The first kappa shape index (κ1) is 17.2. The fourth-order valence-electron chi connectivity index (χ4n) is 2.38. The molecule has 0 bridgehead atoms. The van der Waals surface area contributed by atoms with E-state index in [9.17, 15) is 13.2 Å². The minimum absolute atomic E-state index is 0.0992. The van der Waals surface area contributed by atoms with Crippen LogP contribution in [0.3, 0.4) is 0 Å². The van der Waals surface area contributed by atoms with Gasteiger partial charge < -0.3 is 9.84 Å². The number of nitrogens with zero attached hydrogens (tertiary/aromatic N) is 1. The molecule has 124 valence electrons. The van der Waals surface area contributed by atoms with Crippen LogP contribution in [0.25, 0.3) is 10.8 Å². The van der Waals surface area contributed by atoms with Crippen LogP contribution in [-0.2, 0) is 14.8 Å². The molecule has 7 heteroatoms. The summed E-state index contributed by atoms with van der Waals surface area (Å²) in [6, 6.07) is 10.1. The number of ether oxygens (including phenoxy) is 1. The first-order valence-corrected chi connectivity index (χ1v) is 8.48. The zero-order chi connectivity index (χ0) is 17.2. The lowest BCUT2D eigenvalue weighted by Gasteiger charge is -2.20. The normalized spacial score (nSPS) is 13.2. The summed E-state index contributed by atoms with van der Waals surface area (Å²) in [6.45, 7) is 1.37. The van der Waals surface area contributed by atoms with E-state index < -0.39 is 21.9 Å². The molecule has 0 aliphatic carbocycles. The maximum absolute atomic E-state index is 12.8. The molecule has 0 saturated carbocycles. The van der Waals surface area contributed by atoms with Crippen LogP contribution in [0.4, 0.5) is 0 Å². The summed E-state index contributed by atoms with van der Waals surface area (Å²) < 4.78 is 31.9. The van der Waals surface area contributed by atoms with E-state index >= 15 is 0 Å². The third-order valence-corrected chi connectivity index (χ3v) is 5.59. The molecule has 2 aromatic carbocycles. The Labute approximate surface area is 135 Å². The highest BCUT2D eigenvalue weighted by Gasteiger charge is 2.26. The second kappa shape index (κ2) is 6.55. The number of rotatable bonds is 6. The Bertz CT molecular complexity index is 831. The zero-order valence-electron chi connectivity index (χ0n) is 13.2. The molecule has 1 unspecified atom stereocenters. The van der Waals surface area contributed by atoms with Gasteiger partial charge in [0.25, 0.3) is 0 Å². The smallest absolute Gasteiger partial charge is 0.307 e. The fraction of sp³-hybridized carbons (Fsp3) is 0.312. The third-order valence-electron chi connectivity index (χ3n) is 3.70. The molecule has 0 amide bonds. The van der Waals surface area contributed by atoms with Crippen LogP contribution in [0, 0.1) is 5.92 Å². The average molecular weight is 337 g/mol. The minimum atomic E-state index is -3.80. The van der Waals surface area contributed by atoms with Crippen molar-refractivity contribution >= 4 is 26.8 Å². The van der Waals surface area contributed by atoms with Crippen LogP contribution in [0.5, 0.6) is 5.75 Å². The highest BCUT2D eigenvalue weighted by molar-refractivity contribution is 7.89. The van der Waals surface area contributed by atoms with Crippen molar-refractivity contribution in [2.75, 3.05) is 20.7 Å². The number of sulfonamides is 1. The van der Waals surface area contributed by atoms with Crippen molar-refractivity contribution in [2.24, 2.45) is 5.92 Å². The summed E-state index contributed by atoms with van der Waals surface area (Å²) in [7, 11) is -0.898. The van der Waals surface area contributed by atoms with Gasteiger partial charge in [0.15, 0.2) is 0 Å². The van der Waals surface area contributed by atoms with Gasteiger partial charge in [0, 0.05) is 24.4 Å². The van der Waals surface area contributed by atoms with Gasteiger partial charge in [-0.15, -0.1) is 0 Å². The molecule has 0 spiro atoms. The van der Waals surface area contributed by atoms with Gasteiger partial charge in [0.2, 0.25) is 10.0 Å². The van der Waals surface area contributed by atoms with E-state index in [1.807, 2.05) is 0 Å². The Hall–Kier alpha value is -2.12. The quantitative estimate of drug-likeness (QED) is 0.873. The molecule has 0 fully saturated rings. The third kappa shape index (κ3) is 3.30. The van der Waals surface area contributed by atoms with Crippen molar-refractivity contribution in [1.82, 2.24) is 4.31 Å². The Morgan fingerprint density at radius 1 is 1.22 bits per heavy atom. The van der Waals surface area contributed by atoms with Crippen LogP contribution >= 0.6 is 0 Å². The van der Waals surface area contributed by atoms with E-state index in [1.54, 1.807) is 30.3 Å². The standard InChI is InChI=1S/C16H19NO5S/c1-11(16(18)19)10-17(2)23(20,21)15-9-8-14(22-3)12-6-4-5-7-13(12)15/h4-9,11H,10H2,1-3H3,(H,18,19). The Kier molecular flexibility index (Phi) is 4.91. The summed E-state index contributed by atoms with van der Waals surface area (Å²) in [4.78, 5) is 11.1. The number of carbonyl (C=O) groups is 1. The molecule has 0 aliphatic heterocycles. The molecular formula is C16H19NO5S. The largest absolute Gasteiger partial charge is 0.496 e. The number of methoxy groups -OCH3 is 1. The van der Waals surface area contributed by atoms with Crippen LogP contribution in [0.15, 0.2) is 41.3 Å². The van der Waals surface area contributed by atoms with E-state index in [0.717, 1.165) is 4.31 Å². The van der Waals surface area contributed by atoms with Crippen molar-refractivity contribution in [2.45, 2.75) is 11.8 Å². The van der Waals surface area contributed by atoms with Crippen molar-refractivity contribution in [3.63, 3.8) is 0 Å². The van der Waals surface area contributed by atoms with Gasteiger partial charge in [-0.3, -0.25) is 4.79 Å². The van der Waals surface area contributed by atoms with Crippen molar-refractivity contribution in [3.8, 4) is 5.75 Å². The monoisotopic (exact) mass is 337 g/mol. The van der Waals surface area contributed by atoms with Gasteiger partial charge in [-0.2, -0.15) is 0 Å². The molecule has 2 rings (SSSR count). The van der Waals surface area contributed by atoms with Crippen LogP contribution in [0.1, 0.15) is 6.92 Å². The van der Waals surface area contributed by atoms with Gasteiger partial charge in [0.05, 0.1) is 17.9 Å². The number of benzene rings is 2. The van der Waals surface area contributed by atoms with Gasteiger partial charge in [-0.05, 0) is 12.1 Å². The lowest BCUT2D eigenvalue weighted by molar-refractivity contribution is -0.141. The molecule has 2 aromatic rings. The number of aliphatic carboxylic acids is 1. The number of hydrogen-bond donors (Lipinski definition) is 1. The van der Waals surface area contributed by atoms with E-state index in [1.165, 1.54) is 27.1 Å². The molecule has 23 heavy (non-hydrogen) atoms. The minimum Gasteiger partial charge on any atom is -0.496 e. The molecule has 1 N–H and O–H groups in total. The molecule has 0 aliphatic rings. The van der Waals surface area contributed by atoms with Crippen LogP contribution in [-0.4, -0.2) is 44.5 Å². The fourth-order valence-corrected chi connectivity index (χ4v) is 3.83. The SMILES string of the molecule is COc1ccc(S(=O)(=O)N(C)CC(C)C(=O)O)c2ccccc12. The van der Waals surface area contributed by atoms with Crippen molar-refractivity contribution in [1.29, 1.82) is 0 Å². The van der Waals surface area contributed by atoms with E-state index in [0.29, 0.717) is 16.5 Å². The first-order chi connectivity index (χ1) is 10.8. The average Bonchev–Trinajstić information content (AvgIpc) is 2.53. The summed E-state index contributed by atoms with van der Waals surface area (Å²) in [5.74, 6) is -1.24. The highest BCUT2D eigenvalue weighted by Crippen LogP contribution is 2.32. The second-order valence-electron chi connectivity index (χ2n) is 5.34.